The molecule has 0 saturated carbocycles. The third-order valence-electron chi connectivity index (χ3n) is 7.18. The molecule has 6 nitrogen and oxygen atoms in total. The van der Waals surface area contributed by atoms with E-state index in [1.54, 1.807) is 6.08 Å². The van der Waals surface area contributed by atoms with Crippen LogP contribution in [0.1, 0.15) is 38.7 Å². The monoisotopic (exact) mass is 528 g/mol. The summed E-state index contributed by atoms with van der Waals surface area (Å²) in [7, 11) is 0. The van der Waals surface area contributed by atoms with E-state index in [0.717, 1.165) is 48.3 Å². The van der Waals surface area contributed by atoms with E-state index < -0.39 is 5.67 Å². The first-order valence-electron chi connectivity index (χ1n) is 13.9. The first kappa shape index (κ1) is 26.9. The van der Waals surface area contributed by atoms with E-state index >= 15 is 4.39 Å². The number of ether oxygens (including phenoxy) is 2. The van der Waals surface area contributed by atoms with Crippen LogP contribution in [0.4, 0.5) is 10.1 Å². The zero-order valence-corrected chi connectivity index (χ0v) is 22.8. The molecule has 0 amide bonds. The number of hydrogen-bond donors (Lipinski definition) is 1. The third-order valence-corrected chi connectivity index (χ3v) is 7.18. The number of aromatic nitrogens is 2. The molecule has 1 aliphatic carbocycles. The number of allylic oxidation sites excluding steroid dienone is 2. The molecule has 7 heteroatoms. The molecule has 2 aliphatic rings. The Kier molecular flexibility index (Phi) is 8.57. The number of likely N-dealkylation sites (tertiary alicyclic amines) is 1. The van der Waals surface area contributed by atoms with E-state index in [1.807, 2.05) is 86.9 Å². The van der Waals surface area contributed by atoms with Gasteiger partial charge in [-0.3, -0.25) is 4.90 Å². The van der Waals surface area contributed by atoms with Gasteiger partial charge in [0.25, 0.3) is 0 Å². The quantitative estimate of drug-likeness (QED) is 0.324. The van der Waals surface area contributed by atoms with Gasteiger partial charge in [0.2, 0.25) is 0 Å². The van der Waals surface area contributed by atoms with Gasteiger partial charge in [0.05, 0.1) is 36.9 Å². The molecule has 0 radical (unpaired) electrons. The first-order chi connectivity index (χ1) is 19.1. The normalized spacial score (nSPS) is 20.4. The summed E-state index contributed by atoms with van der Waals surface area (Å²) >= 11 is 0. The summed E-state index contributed by atoms with van der Waals surface area (Å²) < 4.78 is 28.5. The molecule has 0 bridgehead atoms. The second-order valence-electron chi connectivity index (χ2n) is 10.1. The average molecular weight is 529 g/mol. The van der Waals surface area contributed by atoms with E-state index in [-0.39, 0.29) is 6.42 Å². The molecule has 1 N–H and O–H groups in total. The number of anilines is 1. The fourth-order valence-corrected chi connectivity index (χ4v) is 5.41. The van der Waals surface area contributed by atoms with Crippen LogP contribution in [0.5, 0.6) is 0 Å². The predicted octanol–water partition coefficient (Wildman–Crippen LogP) is 6.50. The molecule has 2 aromatic carbocycles. The maximum Gasteiger partial charge on any atom is 0.159 e. The van der Waals surface area contributed by atoms with E-state index in [1.165, 1.54) is 0 Å². The van der Waals surface area contributed by atoms with Crippen LogP contribution in [0.25, 0.3) is 17.0 Å². The zero-order valence-electron chi connectivity index (χ0n) is 22.8. The number of benzene rings is 2. The van der Waals surface area contributed by atoms with Crippen molar-refractivity contribution in [3.05, 3.63) is 96.2 Å². The molecule has 204 valence electrons. The number of alkyl halides is 1. The molecule has 1 saturated heterocycles. The fourth-order valence-electron chi connectivity index (χ4n) is 5.41. The molecule has 39 heavy (non-hydrogen) atoms. The third kappa shape index (κ3) is 6.66. The smallest absolute Gasteiger partial charge is 0.159 e. The van der Waals surface area contributed by atoms with Gasteiger partial charge in [0, 0.05) is 37.7 Å². The van der Waals surface area contributed by atoms with Crippen LogP contribution in [0.15, 0.2) is 90.7 Å². The maximum atomic E-state index is 16.5. The lowest BCUT2D eigenvalue weighted by Crippen LogP contribution is -2.46. The molecule has 1 atom stereocenters. The van der Waals surface area contributed by atoms with Crippen molar-refractivity contribution in [3.8, 4) is 11.4 Å². The van der Waals surface area contributed by atoms with Crippen molar-refractivity contribution < 1.29 is 13.9 Å². The molecule has 1 aliphatic heterocycles. The van der Waals surface area contributed by atoms with Gasteiger partial charge in [-0.2, -0.15) is 0 Å². The molecular weight excluding hydrogens is 491 g/mol. The minimum atomic E-state index is -1.56. The van der Waals surface area contributed by atoms with Crippen molar-refractivity contribution in [1.82, 2.24) is 14.9 Å². The van der Waals surface area contributed by atoms with Crippen molar-refractivity contribution in [2.75, 3.05) is 38.2 Å². The molecular formula is C32H37FN4O2. The Morgan fingerprint density at radius 1 is 0.897 bits per heavy atom. The van der Waals surface area contributed by atoms with Gasteiger partial charge in [-0.1, -0.05) is 60.7 Å². The average Bonchev–Trinajstić information content (AvgIpc) is 2.96. The Labute approximate surface area is 230 Å². The topological polar surface area (TPSA) is 59.5 Å². The minimum Gasteiger partial charge on any atom is -0.497 e. The minimum absolute atomic E-state index is 0.199. The Morgan fingerprint density at radius 3 is 2.13 bits per heavy atom. The van der Waals surface area contributed by atoms with E-state index in [9.17, 15) is 0 Å². The highest BCUT2D eigenvalue weighted by Crippen LogP contribution is 2.41. The summed E-state index contributed by atoms with van der Waals surface area (Å²) in [6, 6.07) is 20.2. The van der Waals surface area contributed by atoms with Crippen molar-refractivity contribution in [2.45, 2.75) is 44.8 Å². The predicted molar refractivity (Wildman–Crippen MR) is 154 cm³/mol. The van der Waals surface area contributed by atoms with Crippen molar-refractivity contribution in [1.29, 1.82) is 0 Å². The number of nitrogens with one attached hydrogen (secondary N) is 1. The zero-order chi connectivity index (χ0) is 27.1. The summed E-state index contributed by atoms with van der Waals surface area (Å²) in [5, 5.41) is 3.56. The van der Waals surface area contributed by atoms with Crippen molar-refractivity contribution in [3.63, 3.8) is 0 Å². The fraction of sp³-hybridized carbons (Fsp3) is 0.375. The maximum absolute atomic E-state index is 16.5. The highest BCUT2D eigenvalue weighted by molar-refractivity contribution is 5.80. The van der Waals surface area contributed by atoms with Gasteiger partial charge in [0.1, 0.15) is 11.5 Å². The summed E-state index contributed by atoms with van der Waals surface area (Å²) in [5.74, 6) is 1.94. The standard InChI is InChI=1S/C32H37FN4O2/c1-3-38-28-19-32(33,20-29(39-4-2)30(28)24-11-7-5-8-12-24)23-37-17-15-26(16-18-37)36-27-21-34-31(35-22-27)25-13-9-6-10-14-25/h5-14,19,21-22,26,36H,3-4,15-18,20,23H2,1-2H3. The lowest BCUT2D eigenvalue weighted by molar-refractivity contribution is 0.0874. The van der Waals surface area contributed by atoms with E-state index in [2.05, 4.69) is 20.2 Å². The van der Waals surface area contributed by atoms with Gasteiger partial charge in [-0.15, -0.1) is 0 Å². The Bertz CT molecular complexity index is 1270. The highest BCUT2D eigenvalue weighted by atomic mass is 19.1. The lowest BCUT2D eigenvalue weighted by atomic mass is 9.86. The van der Waals surface area contributed by atoms with E-state index in [0.29, 0.717) is 43.1 Å². The molecule has 1 fully saturated rings. The van der Waals surface area contributed by atoms with Crippen LogP contribution >= 0.6 is 0 Å². The molecule has 5 rings (SSSR count). The van der Waals surface area contributed by atoms with Gasteiger partial charge in [-0.25, -0.2) is 14.4 Å². The highest BCUT2D eigenvalue weighted by Gasteiger charge is 2.39. The van der Waals surface area contributed by atoms with Gasteiger partial charge < -0.3 is 14.8 Å². The van der Waals surface area contributed by atoms with Crippen LogP contribution < -0.4 is 5.32 Å². The van der Waals surface area contributed by atoms with Crippen LogP contribution in [0, 0.1) is 0 Å². The number of hydrogen-bond acceptors (Lipinski definition) is 6. The molecule has 2 heterocycles. The summed E-state index contributed by atoms with van der Waals surface area (Å²) in [6.07, 6.45) is 7.39. The molecule has 3 aromatic rings. The largest absolute Gasteiger partial charge is 0.497 e. The molecule has 1 unspecified atom stereocenters. The summed E-state index contributed by atoms with van der Waals surface area (Å²) in [5.41, 5.74) is 2.19. The number of rotatable bonds is 10. The Morgan fingerprint density at radius 2 is 1.51 bits per heavy atom. The number of nitrogens with zero attached hydrogens (tertiary/aromatic N) is 3. The summed E-state index contributed by atoms with van der Waals surface area (Å²) in [6.45, 7) is 6.73. The first-order valence-corrected chi connectivity index (χ1v) is 13.9. The molecule has 0 spiro atoms. The lowest BCUT2D eigenvalue weighted by Gasteiger charge is -2.38. The van der Waals surface area contributed by atoms with Crippen LogP contribution in [-0.4, -0.2) is 59.4 Å². The number of piperidine rings is 1. The second kappa shape index (κ2) is 12.4. The summed E-state index contributed by atoms with van der Waals surface area (Å²) in [4.78, 5) is 11.3. The van der Waals surface area contributed by atoms with Crippen molar-refractivity contribution >= 4 is 11.3 Å². The second-order valence-corrected chi connectivity index (χ2v) is 10.1. The SMILES string of the molecule is CCOC1=CC(F)(CN2CCC(Nc3cnc(-c4ccccc4)nc3)CC2)CC(OCC)=C1c1ccccc1. The van der Waals surface area contributed by atoms with Crippen LogP contribution in [0.2, 0.25) is 0 Å². The van der Waals surface area contributed by atoms with Crippen LogP contribution in [-0.2, 0) is 9.47 Å². The van der Waals surface area contributed by atoms with Gasteiger partial charge in [0.15, 0.2) is 11.5 Å². The van der Waals surface area contributed by atoms with Crippen molar-refractivity contribution in [2.24, 2.45) is 0 Å². The van der Waals surface area contributed by atoms with Gasteiger partial charge in [-0.05, 0) is 38.3 Å². The molecule has 1 aromatic heterocycles. The van der Waals surface area contributed by atoms with Crippen LogP contribution in [0.3, 0.4) is 0 Å². The van der Waals surface area contributed by atoms with E-state index in [4.69, 9.17) is 9.47 Å². The Balaban J connectivity index is 1.21. The number of halogens is 1. The van der Waals surface area contributed by atoms with Gasteiger partial charge >= 0.3 is 0 Å². The Hall–Kier alpha value is -3.71.